The molecule has 22 heavy (non-hydrogen) atoms. The molecule has 0 saturated heterocycles. The molecule has 0 N–H and O–H groups in total. The molecule has 1 aromatic rings. The minimum absolute atomic E-state index is 0. The van der Waals surface area contributed by atoms with Crippen molar-refractivity contribution in [3.63, 3.8) is 0 Å². The van der Waals surface area contributed by atoms with E-state index in [1.54, 1.807) is 7.05 Å². The summed E-state index contributed by atoms with van der Waals surface area (Å²) in [5, 5.41) is 3.79. The molecule has 2 rings (SSSR count). The number of hydrogen-bond acceptors (Lipinski definition) is 2. The van der Waals surface area contributed by atoms with Crippen LogP contribution < -0.4 is 0 Å². The largest absolute Gasteiger partial charge is 0.658 e. The van der Waals surface area contributed by atoms with Crippen LogP contribution in [0.25, 0.3) is 5.32 Å². The van der Waals surface area contributed by atoms with Crippen molar-refractivity contribution in [2.75, 3.05) is 27.2 Å². The molecule has 1 unspecified atom stereocenters. The van der Waals surface area contributed by atoms with Crippen LogP contribution in [0, 0.1) is 24.2 Å². The first-order valence-corrected chi connectivity index (χ1v) is 7.27. The van der Waals surface area contributed by atoms with Crippen molar-refractivity contribution in [1.82, 2.24) is 4.90 Å². The molecule has 0 fully saturated rings. The number of hydrogen-bond donors (Lipinski definition) is 0. The van der Waals surface area contributed by atoms with E-state index in [1.807, 2.05) is 13.1 Å². The average molecular weight is 371 g/mol. The normalized spacial score (nSPS) is 19.0. The van der Waals surface area contributed by atoms with Gasteiger partial charge in [0.25, 0.3) is 0 Å². The van der Waals surface area contributed by atoms with E-state index in [0.717, 1.165) is 18.7 Å². The number of carbonyl (C=O) groups is 1. The van der Waals surface area contributed by atoms with Gasteiger partial charge < -0.3 is 17.0 Å². The molecule has 0 saturated carbocycles. The van der Waals surface area contributed by atoms with Gasteiger partial charge >= 0.3 is 0 Å². The Morgan fingerprint density at radius 1 is 1.41 bits per heavy atom. The molecule has 0 aliphatic heterocycles. The van der Waals surface area contributed by atoms with Crippen LogP contribution in [0.1, 0.15) is 23.6 Å². The third kappa shape index (κ3) is 4.41. The molecule has 0 bridgehead atoms. The molecule has 1 atom stereocenters. The van der Waals surface area contributed by atoms with Crippen LogP contribution in [0.3, 0.4) is 0 Å². The Labute approximate surface area is 159 Å². The Bertz CT molecular complexity index is 603. The minimum atomic E-state index is -0.619. The fourth-order valence-electron chi connectivity index (χ4n) is 2.61. The summed E-state index contributed by atoms with van der Waals surface area (Å²) in [6.45, 7) is 7.96. The predicted molar refractivity (Wildman–Crippen MR) is 86.0 cm³/mol. The molecule has 3 nitrogen and oxygen atoms in total. The summed E-state index contributed by atoms with van der Waals surface area (Å²) in [4.78, 5) is 14.1. The fraction of sp³-hybridized carbons (Fsp3) is 0.444. The van der Waals surface area contributed by atoms with Gasteiger partial charge in [-0.05, 0) is 49.7 Å². The second-order valence-electron chi connectivity index (χ2n) is 5.78. The van der Waals surface area contributed by atoms with Crippen molar-refractivity contribution in [3.8, 4) is 11.8 Å². The zero-order valence-corrected chi connectivity index (χ0v) is 16.5. The SMILES string of the molecule is [CH2-]C1(C(=O)[N-]C)Cc2ccc(C#CCN(C)CC)cc2C1.[Y]. The molecule has 0 aromatic heterocycles. The fourth-order valence-corrected chi connectivity index (χ4v) is 2.61. The smallest absolute Gasteiger partial charge is 0.0602 e. The molecular weight excluding hydrogens is 349 g/mol. The Balaban J connectivity index is 0.00000242. The van der Waals surface area contributed by atoms with E-state index in [9.17, 15) is 4.79 Å². The van der Waals surface area contributed by atoms with Crippen molar-refractivity contribution < 1.29 is 37.5 Å². The van der Waals surface area contributed by atoms with Crippen molar-refractivity contribution >= 4 is 5.91 Å². The van der Waals surface area contributed by atoms with Gasteiger partial charge in [0.15, 0.2) is 0 Å². The van der Waals surface area contributed by atoms with Gasteiger partial charge in [-0.3, -0.25) is 4.90 Å². The van der Waals surface area contributed by atoms with Crippen molar-refractivity contribution in [2.24, 2.45) is 5.41 Å². The van der Waals surface area contributed by atoms with Crippen LogP contribution >= 0.6 is 0 Å². The predicted octanol–water partition coefficient (Wildman–Crippen LogP) is 2.44. The van der Waals surface area contributed by atoms with Crippen LogP contribution in [0.15, 0.2) is 18.2 Å². The summed E-state index contributed by atoms with van der Waals surface area (Å²) in [7, 11) is 3.59. The van der Waals surface area contributed by atoms with Gasteiger partial charge in [-0.15, -0.1) is 12.5 Å². The van der Waals surface area contributed by atoms with Crippen molar-refractivity contribution in [2.45, 2.75) is 19.8 Å². The summed E-state index contributed by atoms with van der Waals surface area (Å²) in [6.07, 6.45) is 1.33. The van der Waals surface area contributed by atoms with Crippen LogP contribution in [-0.2, 0) is 50.3 Å². The quantitative estimate of drug-likeness (QED) is 0.604. The summed E-state index contributed by atoms with van der Waals surface area (Å²) in [6, 6.07) is 6.18. The number of benzene rings is 1. The molecule has 1 aliphatic carbocycles. The van der Waals surface area contributed by atoms with E-state index in [2.05, 4.69) is 48.0 Å². The van der Waals surface area contributed by atoms with Gasteiger partial charge in [0.05, 0.1) is 6.54 Å². The zero-order valence-electron chi connectivity index (χ0n) is 13.6. The average Bonchev–Trinajstić information content (AvgIpc) is 2.82. The van der Waals surface area contributed by atoms with Crippen LogP contribution in [0.2, 0.25) is 0 Å². The first-order chi connectivity index (χ1) is 9.98. The standard InChI is InChI=1S/C18H23N2O.Y/c1-5-20(4)10-6-7-14-8-9-15-12-18(2,17(21)19-3)13-16(15)11-14;/h8-9,11H,2,5,10,12-13H2,1,3-4H3,(H,19,21);/q-1;/p-1. The number of rotatable bonds is 3. The molecule has 1 radical (unpaired) electrons. The number of amides is 1. The molecule has 0 spiro atoms. The molecule has 4 heteroatoms. The Morgan fingerprint density at radius 3 is 2.73 bits per heavy atom. The van der Waals surface area contributed by atoms with Gasteiger partial charge in [-0.25, -0.2) is 0 Å². The first-order valence-electron chi connectivity index (χ1n) is 7.27. The van der Waals surface area contributed by atoms with Crippen LogP contribution in [-0.4, -0.2) is 38.0 Å². The maximum Gasteiger partial charge on any atom is 0.0602 e. The zero-order chi connectivity index (χ0) is 15.5. The number of carbonyl (C=O) groups excluding carboxylic acids is 1. The Morgan fingerprint density at radius 2 is 2.09 bits per heavy atom. The van der Waals surface area contributed by atoms with Gasteiger partial charge in [0, 0.05) is 44.2 Å². The van der Waals surface area contributed by atoms with Crippen molar-refractivity contribution in [3.05, 3.63) is 47.1 Å². The minimum Gasteiger partial charge on any atom is -0.658 e. The third-order valence-electron chi connectivity index (χ3n) is 4.04. The van der Waals surface area contributed by atoms with Gasteiger partial charge in [-0.2, -0.15) is 0 Å². The summed E-state index contributed by atoms with van der Waals surface area (Å²) < 4.78 is 0. The van der Waals surface area contributed by atoms with E-state index in [0.29, 0.717) is 12.8 Å². The van der Waals surface area contributed by atoms with Crippen molar-refractivity contribution in [1.29, 1.82) is 0 Å². The summed E-state index contributed by atoms with van der Waals surface area (Å²) >= 11 is 0. The maximum atomic E-state index is 11.9. The number of nitrogens with zero attached hydrogens (tertiary/aromatic N) is 2. The van der Waals surface area contributed by atoms with Gasteiger partial charge in [0.1, 0.15) is 0 Å². The molecule has 1 aromatic carbocycles. The molecule has 0 heterocycles. The maximum absolute atomic E-state index is 11.9. The summed E-state index contributed by atoms with van der Waals surface area (Å²) in [5.74, 6) is 6.25. The van der Waals surface area contributed by atoms with Crippen LogP contribution in [0.5, 0.6) is 0 Å². The number of fused-ring (bicyclic) bond motifs is 1. The second kappa shape index (κ2) is 8.25. The topological polar surface area (TPSA) is 34.4 Å². The first kappa shape index (κ1) is 19.4. The molecule has 1 aliphatic rings. The van der Waals surface area contributed by atoms with Gasteiger partial charge in [0.2, 0.25) is 0 Å². The van der Waals surface area contributed by atoms with E-state index in [1.165, 1.54) is 11.1 Å². The Hall–Kier alpha value is -0.686. The third-order valence-corrected chi connectivity index (χ3v) is 4.04. The Kier molecular flexibility index (Phi) is 7.26. The van der Waals surface area contributed by atoms with E-state index in [-0.39, 0.29) is 38.6 Å². The van der Waals surface area contributed by atoms with Crippen LogP contribution in [0.4, 0.5) is 0 Å². The molecular formula is C18H22N2OY-2. The van der Waals surface area contributed by atoms with E-state index >= 15 is 0 Å². The summed E-state index contributed by atoms with van der Waals surface area (Å²) in [5.41, 5.74) is 2.75. The molecule has 115 valence electrons. The molecule has 1 amide bonds. The van der Waals surface area contributed by atoms with Gasteiger partial charge in [-0.1, -0.05) is 24.8 Å². The monoisotopic (exact) mass is 371 g/mol. The van der Waals surface area contributed by atoms with E-state index in [4.69, 9.17) is 0 Å². The van der Waals surface area contributed by atoms with E-state index < -0.39 is 5.41 Å². The second-order valence-corrected chi connectivity index (χ2v) is 5.78.